The molecule has 0 spiro atoms. The molecule has 0 fully saturated rings. The Morgan fingerprint density at radius 2 is 2.38 bits per heavy atom. The van der Waals surface area contributed by atoms with Crippen LogP contribution in [0.5, 0.6) is 11.5 Å². The van der Waals surface area contributed by atoms with Crippen molar-refractivity contribution in [2.45, 2.75) is 6.29 Å². The molecular formula is C9H8O4. The van der Waals surface area contributed by atoms with Gasteiger partial charge in [-0.25, -0.2) is 0 Å². The molecule has 1 atom stereocenters. The number of ether oxygens (including phenoxy) is 2. The number of aliphatic hydroxyl groups is 1. The number of rotatable bonds is 1. The second kappa shape index (κ2) is 3.06. The van der Waals surface area contributed by atoms with E-state index >= 15 is 0 Å². The van der Waals surface area contributed by atoms with Crippen LogP contribution in [0.25, 0.3) is 0 Å². The second-order valence-electron chi connectivity index (χ2n) is 2.68. The molecule has 1 heterocycles. The number of carbonyl (C=O) groups excluding carboxylic acids is 1. The third-order valence-corrected chi connectivity index (χ3v) is 1.77. The Balaban J connectivity index is 2.45. The fourth-order valence-electron chi connectivity index (χ4n) is 1.21. The van der Waals surface area contributed by atoms with Crippen LogP contribution < -0.4 is 9.47 Å². The van der Waals surface area contributed by atoms with Crippen LogP contribution in [0.2, 0.25) is 0 Å². The van der Waals surface area contributed by atoms with Crippen molar-refractivity contribution in [2.24, 2.45) is 0 Å². The molecule has 1 N–H and O–H groups in total. The van der Waals surface area contributed by atoms with E-state index in [1.165, 1.54) is 0 Å². The van der Waals surface area contributed by atoms with E-state index in [-0.39, 0.29) is 6.61 Å². The zero-order valence-corrected chi connectivity index (χ0v) is 6.77. The highest BCUT2D eigenvalue weighted by molar-refractivity contribution is 5.81. The molecule has 0 saturated carbocycles. The first-order valence-corrected chi connectivity index (χ1v) is 3.87. The van der Waals surface area contributed by atoms with Crippen molar-refractivity contribution in [3.8, 4) is 11.5 Å². The van der Waals surface area contributed by atoms with Gasteiger partial charge in [-0.3, -0.25) is 4.79 Å². The largest absolute Gasteiger partial charge is 0.482 e. The van der Waals surface area contributed by atoms with E-state index in [0.29, 0.717) is 23.3 Å². The number of hydrogen-bond acceptors (Lipinski definition) is 4. The van der Waals surface area contributed by atoms with Gasteiger partial charge in [0.1, 0.15) is 0 Å². The van der Waals surface area contributed by atoms with E-state index in [9.17, 15) is 4.79 Å². The lowest BCUT2D eigenvalue weighted by Gasteiger charge is -2.23. The molecule has 0 aliphatic carbocycles. The molecule has 1 aromatic carbocycles. The molecule has 1 aliphatic heterocycles. The van der Waals surface area contributed by atoms with E-state index in [4.69, 9.17) is 14.6 Å². The summed E-state index contributed by atoms with van der Waals surface area (Å²) in [6.07, 6.45) is -0.255. The van der Waals surface area contributed by atoms with Crippen LogP contribution in [0.3, 0.4) is 0 Å². The Kier molecular flexibility index (Phi) is 1.90. The summed E-state index contributed by atoms with van der Waals surface area (Å²) in [6.45, 7) is 0.0534. The highest BCUT2D eigenvalue weighted by atomic mass is 16.7. The van der Waals surface area contributed by atoms with Gasteiger partial charge in [0.05, 0.1) is 5.56 Å². The van der Waals surface area contributed by atoms with E-state index in [2.05, 4.69) is 0 Å². The normalized spacial score (nSPS) is 19.6. The minimum atomic E-state index is -0.950. The van der Waals surface area contributed by atoms with Crippen molar-refractivity contribution in [3.63, 3.8) is 0 Å². The maximum Gasteiger partial charge on any atom is 0.232 e. The summed E-state index contributed by atoms with van der Waals surface area (Å²) in [6, 6.07) is 4.95. The van der Waals surface area contributed by atoms with E-state index < -0.39 is 6.29 Å². The number of hydrogen-bond donors (Lipinski definition) is 1. The Morgan fingerprint density at radius 3 is 3.15 bits per heavy atom. The van der Waals surface area contributed by atoms with Crippen molar-refractivity contribution >= 4 is 6.29 Å². The molecule has 13 heavy (non-hydrogen) atoms. The average Bonchev–Trinajstić information content (AvgIpc) is 2.16. The van der Waals surface area contributed by atoms with Crippen LogP contribution in [0.1, 0.15) is 10.4 Å². The lowest BCUT2D eigenvalue weighted by atomic mass is 10.2. The monoisotopic (exact) mass is 180 g/mol. The summed E-state index contributed by atoms with van der Waals surface area (Å²) in [5.41, 5.74) is 0.435. The SMILES string of the molecule is O=Cc1cccc2c1OCC(O)O2. The molecule has 0 radical (unpaired) electrons. The minimum Gasteiger partial charge on any atom is -0.482 e. The third kappa shape index (κ3) is 1.36. The Labute approximate surface area is 74.7 Å². The Bertz CT molecular complexity index is 334. The summed E-state index contributed by atoms with van der Waals surface area (Å²) in [5, 5.41) is 9.08. The molecule has 1 aliphatic rings. The summed E-state index contributed by atoms with van der Waals surface area (Å²) in [4.78, 5) is 10.6. The van der Waals surface area contributed by atoms with Gasteiger partial charge >= 0.3 is 0 Å². The van der Waals surface area contributed by atoms with E-state index in [0.717, 1.165) is 0 Å². The molecule has 4 heteroatoms. The van der Waals surface area contributed by atoms with Gasteiger partial charge in [-0.2, -0.15) is 0 Å². The van der Waals surface area contributed by atoms with Gasteiger partial charge in [0, 0.05) is 0 Å². The summed E-state index contributed by atoms with van der Waals surface area (Å²) >= 11 is 0. The van der Waals surface area contributed by atoms with Crippen LogP contribution in [-0.2, 0) is 0 Å². The third-order valence-electron chi connectivity index (χ3n) is 1.77. The first-order chi connectivity index (χ1) is 6.31. The predicted octanol–water partition coefficient (Wildman–Crippen LogP) is 0.589. The number of aldehydes is 1. The van der Waals surface area contributed by atoms with Gasteiger partial charge in [-0.15, -0.1) is 0 Å². The molecule has 1 aromatic rings. The van der Waals surface area contributed by atoms with Crippen molar-refractivity contribution in [1.82, 2.24) is 0 Å². The number of fused-ring (bicyclic) bond motifs is 1. The maximum absolute atomic E-state index is 10.6. The van der Waals surface area contributed by atoms with Crippen molar-refractivity contribution < 1.29 is 19.4 Å². The molecule has 0 saturated heterocycles. The van der Waals surface area contributed by atoms with Crippen molar-refractivity contribution in [3.05, 3.63) is 23.8 Å². The standard InChI is InChI=1S/C9H8O4/c10-4-6-2-1-3-7-9(6)12-5-8(11)13-7/h1-4,8,11H,5H2. The summed E-state index contributed by atoms with van der Waals surface area (Å²) in [5.74, 6) is 0.811. The smallest absolute Gasteiger partial charge is 0.232 e. The van der Waals surface area contributed by atoms with Gasteiger partial charge in [0.25, 0.3) is 0 Å². The molecule has 0 bridgehead atoms. The maximum atomic E-state index is 10.6. The summed E-state index contributed by atoms with van der Waals surface area (Å²) in [7, 11) is 0. The van der Waals surface area contributed by atoms with E-state index in [1.54, 1.807) is 18.2 Å². The predicted molar refractivity (Wildman–Crippen MR) is 44.0 cm³/mol. The highest BCUT2D eigenvalue weighted by Crippen LogP contribution is 2.33. The molecular weight excluding hydrogens is 172 g/mol. The molecule has 68 valence electrons. The fraction of sp³-hybridized carbons (Fsp3) is 0.222. The average molecular weight is 180 g/mol. The zero-order valence-electron chi connectivity index (χ0n) is 6.77. The first kappa shape index (κ1) is 8.07. The lowest BCUT2D eigenvalue weighted by Crippen LogP contribution is -2.28. The van der Waals surface area contributed by atoms with Crippen molar-refractivity contribution in [1.29, 1.82) is 0 Å². The van der Waals surface area contributed by atoms with Gasteiger partial charge < -0.3 is 14.6 Å². The second-order valence-corrected chi connectivity index (χ2v) is 2.68. The molecule has 0 aromatic heterocycles. The van der Waals surface area contributed by atoms with Crippen LogP contribution in [0.15, 0.2) is 18.2 Å². The fourth-order valence-corrected chi connectivity index (χ4v) is 1.21. The van der Waals surface area contributed by atoms with Gasteiger partial charge in [0.2, 0.25) is 6.29 Å². The van der Waals surface area contributed by atoms with E-state index in [1.807, 2.05) is 0 Å². The lowest BCUT2D eigenvalue weighted by molar-refractivity contribution is -0.0671. The molecule has 1 unspecified atom stereocenters. The number of para-hydroxylation sites is 1. The molecule has 4 nitrogen and oxygen atoms in total. The minimum absolute atomic E-state index is 0.0534. The van der Waals surface area contributed by atoms with Crippen molar-refractivity contribution in [2.75, 3.05) is 6.61 Å². The Hall–Kier alpha value is -1.55. The van der Waals surface area contributed by atoms with Gasteiger partial charge in [-0.1, -0.05) is 6.07 Å². The number of benzene rings is 1. The molecule has 0 amide bonds. The van der Waals surface area contributed by atoms with Crippen LogP contribution >= 0.6 is 0 Å². The molecule has 2 rings (SSSR count). The van der Waals surface area contributed by atoms with Crippen LogP contribution in [0.4, 0.5) is 0 Å². The van der Waals surface area contributed by atoms with Crippen LogP contribution in [0, 0.1) is 0 Å². The topological polar surface area (TPSA) is 55.8 Å². The zero-order chi connectivity index (χ0) is 9.26. The van der Waals surface area contributed by atoms with Crippen LogP contribution in [-0.4, -0.2) is 24.3 Å². The van der Waals surface area contributed by atoms with Gasteiger partial charge in [0.15, 0.2) is 24.4 Å². The summed E-state index contributed by atoms with van der Waals surface area (Å²) < 4.78 is 10.2. The number of aliphatic hydroxyl groups excluding tert-OH is 1. The highest BCUT2D eigenvalue weighted by Gasteiger charge is 2.20. The first-order valence-electron chi connectivity index (χ1n) is 3.87. The number of carbonyl (C=O) groups is 1. The van der Waals surface area contributed by atoms with Gasteiger partial charge in [-0.05, 0) is 12.1 Å². The quantitative estimate of drug-likeness (QED) is 0.642. The Morgan fingerprint density at radius 1 is 1.54 bits per heavy atom.